The van der Waals surface area contributed by atoms with Crippen molar-refractivity contribution < 1.29 is 48.0 Å². The molecule has 1 aliphatic heterocycles. The summed E-state index contributed by atoms with van der Waals surface area (Å²) in [5.74, 6) is -0.523. The van der Waals surface area contributed by atoms with E-state index in [1.165, 1.54) is 43.4 Å². The third kappa shape index (κ3) is 8.80. The van der Waals surface area contributed by atoms with Gasteiger partial charge in [-0.25, -0.2) is 9.59 Å². The first-order chi connectivity index (χ1) is 21.7. The number of nitrogens with zero attached hydrogens (tertiary/aromatic N) is 1. The van der Waals surface area contributed by atoms with E-state index in [0.717, 1.165) is 5.56 Å². The molecule has 3 aromatic carbocycles. The molecular weight excluding hydrogens is 584 g/mol. The SMILES string of the molecule is COCOc1ccc(C(=O)N[C@@H]2CN(C(=O)O)CCC[C@H]2OC(=O)c2ccc(C(=O)c3cc(C)ccc3OCOC)cc2)cc1. The van der Waals surface area contributed by atoms with E-state index in [0.29, 0.717) is 41.0 Å². The standard InChI is InChI=1S/C33H36N2O10/c1-21-6-15-28(44-20-42-3)26(17-21)30(36)22-7-9-24(10-8-22)32(38)45-29-5-4-16-35(33(39)40)18-27(29)34-31(37)23-11-13-25(14-12-23)43-19-41-2/h6-15,17,27,29H,4-5,16,18-20H2,1-3H3,(H,34,37)(H,39,40)/t27-,29-/m1/s1. The number of carboxylic acid groups (broad SMARTS) is 1. The van der Waals surface area contributed by atoms with Crippen LogP contribution in [0, 0.1) is 6.92 Å². The first-order valence-corrected chi connectivity index (χ1v) is 14.3. The van der Waals surface area contributed by atoms with Crippen LogP contribution in [0.15, 0.2) is 66.7 Å². The monoisotopic (exact) mass is 620 g/mol. The normalized spacial score (nSPS) is 16.3. The van der Waals surface area contributed by atoms with Crippen molar-refractivity contribution in [3.63, 3.8) is 0 Å². The van der Waals surface area contributed by atoms with E-state index in [1.807, 2.05) is 13.0 Å². The highest BCUT2D eigenvalue weighted by Crippen LogP contribution is 2.24. The predicted molar refractivity (Wildman–Crippen MR) is 162 cm³/mol. The molecule has 1 aliphatic rings. The van der Waals surface area contributed by atoms with Crippen molar-refractivity contribution >= 4 is 23.8 Å². The number of hydrogen-bond donors (Lipinski definition) is 2. The van der Waals surface area contributed by atoms with Gasteiger partial charge in [-0.05, 0) is 68.3 Å². The van der Waals surface area contributed by atoms with Gasteiger partial charge in [0.15, 0.2) is 19.4 Å². The van der Waals surface area contributed by atoms with Gasteiger partial charge in [0.05, 0.1) is 17.2 Å². The predicted octanol–water partition coefficient (Wildman–Crippen LogP) is 4.29. The van der Waals surface area contributed by atoms with Gasteiger partial charge in [0.25, 0.3) is 5.91 Å². The largest absolute Gasteiger partial charge is 0.468 e. The minimum Gasteiger partial charge on any atom is -0.468 e. The number of benzene rings is 3. The summed E-state index contributed by atoms with van der Waals surface area (Å²) in [4.78, 5) is 52.6. The summed E-state index contributed by atoms with van der Waals surface area (Å²) in [6, 6.07) is 16.8. The third-order valence-corrected chi connectivity index (χ3v) is 7.18. The second kappa shape index (κ2) is 15.7. The topological polar surface area (TPSA) is 150 Å². The van der Waals surface area contributed by atoms with Crippen LogP contribution in [0.25, 0.3) is 0 Å². The van der Waals surface area contributed by atoms with E-state index in [9.17, 15) is 24.3 Å². The van der Waals surface area contributed by atoms with Crippen molar-refractivity contribution in [1.29, 1.82) is 0 Å². The molecule has 0 spiro atoms. The zero-order valence-electron chi connectivity index (χ0n) is 25.3. The van der Waals surface area contributed by atoms with E-state index < -0.39 is 30.1 Å². The molecule has 2 amide bonds. The summed E-state index contributed by atoms with van der Waals surface area (Å²) in [5.41, 5.74) is 2.10. The Balaban J connectivity index is 1.48. The molecule has 12 nitrogen and oxygen atoms in total. The number of likely N-dealkylation sites (tertiary alicyclic amines) is 1. The van der Waals surface area contributed by atoms with Crippen LogP contribution in [0.4, 0.5) is 4.79 Å². The molecule has 2 N–H and O–H groups in total. The van der Waals surface area contributed by atoms with Crippen molar-refractivity contribution in [2.45, 2.75) is 31.9 Å². The number of carbonyl (C=O) groups excluding carboxylic acids is 3. The zero-order valence-corrected chi connectivity index (χ0v) is 25.3. The van der Waals surface area contributed by atoms with Crippen LogP contribution < -0.4 is 14.8 Å². The van der Waals surface area contributed by atoms with Gasteiger partial charge in [-0.2, -0.15) is 0 Å². The van der Waals surface area contributed by atoms with Crippen molar-refractivity contribution in [2.75, 3.05) is 40.9 Å². The van der Waals surface area contributed by atoms with Crippen LogP contribution >= 0.6 is 0 Å². The molecular formula is C33H36N2O10. The Hall–Kier alpha value is -4.94. The van der Waals surface area contributed by atoms with Gasteiger partial charge in [-0.15, -0.1) is 0 Å². The molecule has 1 fully saturated rings. The van der Waals surface area contributed by atoms with Gasteiger partial charge in [-0.1, -0.05) is 23.8 Å². The molecule has 4 rings (SSSR count). The molecule has 1 heterocycles. The third-order valence-electron chi connectivity index (χ3n) is 7.18. The highest BCUT2D eigenvalue weighted by molar-refractivity contribution is 6.11. The summed E-state index contributed by atoms with van der Waals surface area (Å²) < 4.78 is 26.6. The summed E-state index contributed by atoms with van der Waals surface area (Å²) in [6.45, 7) is 2.07. The number of hydrogen-bond acceptors (Lipinski definition) is 9. The average Bonchev–Trinajstić information content (AvgIpc) is 3.25. The van der Waals surface area contributed by atoms with Crippen LogP contribution in [0.1, 0.15) is 55.0 Å². The molecule has 45 heavy (non-hydrogen) atoms. The smallest absolute Gasteiger partial charge is 0.407 e. The maximum absolute atomic E-state index is 13.3. The molecule has 12 heteroatoms. The Kier molecular flexibility index (Phi) is 11.5. The Morgan fingerprint density at radius 1 is 0.867 bits per heavy atom. The maximum atomic E-state index is 13.3. The van der Waals surface area contributed by atoms with E-state index in [-0.39, 0.29) is 38.0 Å². The first kappa shape index (κ1) is 33.0. The molecule has 0 saturated carbocycles. The van der Waals surface area contributed by atoms with Gasteiger partial charge in [0.1, 0.15) is 17.6 Å². The van der Waals surface area contributed by atoms with Crippen molar-refractivity contribution in [3.8, 4) is 11.5 Å². The van der Waals surface area contributed by atoms with E-state index in [1.54, 1.807) is 36.4 Å². The lowest BCUT2D eigenvalue weighted by Gasteiger charge is -2.28. The molecule has 0 aliphatic carbocycles. The van der Waals surface area contributed by atoms with Gasteiger partial charge >= 0.3 is 12.1 Å². The summed E-state index contributed by atoms with van der Waals surface area (Å²) in [6.07, 6.45) is -1.17. The molecule has 0 radical (unpaired) electrons. The molecule has 0 unspecified atom stereocenters. The molecule has 3 aromatic rings. The number of nitrogens with one attached hydrogen (secondary N) is 1. The Labute approximate surface area is 260 Å². The summed E-state index contributed by atoms with van der Waals surface area (Å²) in [7, 11) is 2.98. The average molecular weight is 621 g/mol. The highest BCUT2D eigenvalue weighted by Gasteiger charge is 2.33. The Bertz CT molecular complexity index is 1490. The number of aryl methyl sites for hydroxylation is 1. The number of ketones is 1. The number of ether oxygens (including phenoxy) is 5. The number of rotatable bonds is 12. The van der Waals surface area contributed by atoms with Crippen LogP contribution in [-0.4, -0.2) is 86.8 Å². The number of methoxy groups -OCH3 is 2. The number of carbonyl (C=O) groups is 4. The van der Waals surface area contributed by atoms with Crippen molar-refractivity contribution in [3.05, 3.63) is 94.5 Å². The van der Waals surface area contributed by atoms with Gasteiger partial charge in [-0.3, -0.25) is 9.59 Å². The van der Waals surface area contributed by atoms with Gasteiger partial charge in [0.2, 0.25) is 0 Å². The molecule has 0 aromatic heterocycles. The van der Waals surface area contributed by atoms with Crippen LogP contribution in [-0.2, 0) is 14.2 Å². The van der Waals surface area contributed by atoms with Crippen LogP contribution in [0.2, 0.25) is 0 Å². The fourth-order valence-electron chi connectivity index (χ4n) is 4.85. The fraction of sp³-hybridized carbons (Fsp3) is 0.333. The summed E-state index contributed by atoms with van der Waals surface area (Å²) in [5, 5.41) is 12.5. The summed E-state index contributed by atoms with van der Waals surface area (Å²) >= 11 is 0. The van der Waals surface area contributed by atoms with E-state index in [2.05, 4.69) is 5.32 Å². The lowest BCUT2D eigenvalue weighted by atomic mass is 9.99. The van der Waals surface area contributed by atoms with Crippen LogP contribution in [0.5, 0.6) is 11.5 Å². The molecule has 1 saturated heterocycles. The number of esters is 1. The van der Waals surface area contributed by atoms with Gasteiger partial charge in [0, 0.05) is 38.4 Å². The van der Waals surface area contributed by atoms with E-state index >= 15 is 0 Å². The lowest BCUT2D eigenvalue weighted by Crippen LogP contribution is -2.51. The Morgan fingerprint density at radius 3 is 2.18 bits per heavy atom. The molecule has 2 atom stereocenters. The molecule has 238 valence electrons. The quantitative estimate of drug-likeness (QED) is 0.171. The lowest BCUT2D eigenvalue weighted by molar-refractivity contribution is 0.0179. The maximum Gasteiger partial charge on any atom is 0.407 e. The Morgan fingerprint density at radius 2 is 1.51 bits per heavy atom. The second-order valence-electron chi connectivity index (χ2n) is 10.4. The first-order valence-electron chi connectivity index (χ1n) is 14.3. The zero-order chi connectivity index (χ0) is 32.3. The minimum atomic E-state index is -1.13. The van der Waals surface area contributed by atoms with Gasteiger partial charge < -0.3 is 39.0 Å². The highest BCUT2D eigenvalue weighted by atomic mass is 16.7. The van der Waals surface area contributed by atoms with E-state index in [4.69, 9.17) is 23.7 Å². The van der Waals surface area contributed by atoms with Crippen LogP contribution in [0.3, 0.4) is 0 Å². The van der Waals surface area contributed by atoms with Crippen molar-refractivity contribution in [1.82, 2.24) is 10.2 Å². The second-order valence-corrected chi connectivity index (χ2v) is 10.4. The fourth-order valence-corrected chi connectivity index (χ4v) is 4.85. The van der Waals surface area contributed by atoms with Crippen molar-refractivity contribution in [2.24, 2.45) is 0 Å². The minimum absolute atomic E-state index is 0.0168. The number of amides is 2. The molecule has 0 bridgehead atoms.